The predicted octanol–water partition coefficient (Wildman–Crippen LogP) is -1.01. The zero-order valence-corrected chi connectivity index (χ0v) is 16.0. The van der Waals surface area contributed by atoms with Crippen molar-refractivity contribution >= 4 is 5.97 Å². The van der Waals surface area contributed by atoms with Crippen molar-refractivity contribution in [2.24, 2.45) is 14.1 Å². The van der Waals surface area contributed by atoms with Gasteiger partial charge >= 0.3 is 23.0 Å². The van der Waals surface area contributed by atoms with Crippen LogP contribution in [0.1, 0.15) is 21.5 Å². The summed E-state index contributed by atoms with van der Waals surface area (Å²) in [7, 11) is 6.67. The number of esters is 1. The lowest BCUT2D eigenvalue weighted by molar-refractivity contribution is 0.0533. The fourth-order valence-electron chi connectivity index (χ4n) is 3.27. The number of methoxy groups -OCH3 is 3. The fraction of sp³-hybridized carbons (Fsp3) is 0.412. The fourth-order valence-corrected chi connectivity index (χ4v) is 3.27. The SMILES string of the molecule is COc1c2c(c(Cn3c(=O)n(C)c(=O)n(C)c3=O)c(OC)c1OC)C(=O)OC2. The molecular formula is C17H19N3O8. The second-order valence-electron chi connectivity index (χ2n) is 6.06. The van der Waals surface area contributed by atoms with E-state index in [2.05, 4.69) is 0 Å². The number of carbonyl (C=O) groups is 1. The number of benzene rings is 1. The lowest BCUT2D eigenvalue weighted by Gasteiger charge is -2.19. The Hall–Kier alpha value is -3.50. The van der Waals surface area contributed by atoms with Crippen LogP contribution in [0.3, 0.4) is 0 Å². The van der Waals surface area contributed by atoms with Gasteiger partial charge in [0, 0.05) is 19.7 Å². The van der Waals surface area contributed by atoms with Crippen molar-refractivity contribution in [3.63, 3.8) is 0 Å². The smallest absolute Gasteiger partial charge is 0.339 e. The number of ether oxygens (including phenoxy) is 4. The number of hydrogen-bond donors (Lipinski definition) is 0. The monoisotopic (exact) mass is 393 g/mol. The number of hydrogen-bond acceptors (Lipinski definition) is 8. The Balaban J connectivity index is 2.38. The highest BCUT2D eigenvalue weighted by molar-refractivity contribution is 5.98. The molecular weight excluding hydrogens is 374 g/mol. The number of cyclic esters (lactones) is 1. The van der Waals surface area contributed by atoms with Gasteiger partial charge in [-0.3, -0.25) is 0 Å². The molecule has 2 aromatic rings. The van der Waals surface area contributed by atoms with E-state index < -0.39 is 23.0 Å². The molecule has 1 aliphatic heterocycles. The molecule has 2 heterocycles. The number of carbonyl (C=O) groups excluding carboxylic acids is 1. The Morgan fingerprint density at radius 3 is 1.86 bits per heavy atom. The van der Waals surface area contributed by atoms with Crippen LogP contribution in [0.25, 0.3) is 0 Å². The van der Waals surface area contributed by atoms with Crippen molar-refractivity contribution in [3.05, 3.63) is 48.1 Å². The highest BCUT2D eigenvalue weighted by atomic mass is 16.5. The molecule has 0 radical (unpaired) electrons. The van der Waals surface area contributed by atoms with Gasteiger partial charge in [-0.2, -0.15) is 0 Å². The molecule has 0 bridgehead atoms. The lowest BCUT2D eigenvalue weighted by Crippen LogP contribution is -2.52. The van der Waals surface area contributed by atoms with Gasteiger partial charge in [-0.15, -0.1) is 0 Å². The van der Waals surface area contributed by atoms with Crippen LogP contribution in [0.5, 0.6) is 17.2 Å². The molecule has 3 rings (SSSR count). The molecule has 1 aliphatic rings. The Kier molecular flexibility index (Phi) is 4.75. The number of aromatic nitrogens is 3. The van der Waals surface area contributed by atoms with Gasteiger partial charge in [-0.05, 0) is 0 Å². The third kappa shape index (κ3) is 2.58. The molecule has 0 atom stereocenters. The van der Waals surface area contributed by atoms with E-state index in [0.717, 1.165) is 13.7 Å². The van der Waals surface area contributed by atoms with Crippen molar-refractivity contribution in [3.8, 4) is 17.2 Å². The van der Waals surface area contributed by atoms with Gasteiger partial charge < -0.3 is 18.9 Å². The minimum absolute atomic E-state index is 0.0507. The first kappa shape index (κ1) is 19.3. The molecule has 0 aliphatic carbocycles. The second-order valence-corrected chi connectivity index (χ2v) is 6.06. The largest absolute Gasteiger partial charge is 0.492 e. The minimum atomic E-state index is -0.829. The Labute approximate surface area is 158 Å². The lowest BCUT2D eigenvalue weighted by atomic mass is 9.99. The quantitative estimate of drug-likeness (QED) is 0.593. The van der Waals surface area contributed by atoms with Gasteiger partial charge in [0.05, 0.1) is 39.0 Å². The summed E-state index contributed by atoms with van der Waals surface area (Å²) >= 11 is 0. The Morgan fingerprint density at radius 2 is 1.36 bits per heavy atom. The second kappa shape index (κ2) is 6.91. The van der Waals surface area contributed by atoms with E-state index >= 15 is 0 Å². The van der Waals surface area contributed by atoms with Gasteiger partial charge in [0.1, 0.15) is 6.61 Å². The van der Waals surface area contributed by atoms with Crippen molar-refractivity contribution in [1.82, 2.24) is 13.7 Å². The summed E-state index contributed by atoms with van der Waals surface area (Å²) in [6.07, 6.45) is 0. The maximum absolute atomic E-state index is 12.5. The molecule has 0 saturated heterocycles. The molecule has 28 heavy (non-hydrogen) atoms. The van der Waals surface area contributed by atoms with E-state index in [0.29, 0.717) is 5.56 Å². The molecule has 1 aromatic heterocycles. The molecule has 11 heteroatoms. The molecule has 11 nitrogen and oxygen atoms in total. The summed E-state index contributed by atoms with van der Waals surface area (Å²) in [4.78, 5) is 49.4. The highest BCUT2D eigenvalue weighted by Gasteiger charge is 2.35. The molecule has 150 valence electrons. The van der Waals surface area contributed by atoms with Crippen LogP contribution >= 0.6 is 0 Å². The van der Waals surface area contributed by atoms with Crippen LogP contribution in [-0.4, -0.2) is 41.0 Å². The summed E-state index contributed by atoms with van der Waals surface area (Å²) in [5.41, 5.74) is -1.63. The third-order valence-corrected chi connectivity index (χ3v) is 4.65. The van der Waals surface area contributed by atoms with Crippen LogP contribution in [0.15, 0.2) is 14.4 Å². The van der Waals surface area contributed by atoms with E-state index in [1.807, 2.05) is 0 Å². The number of nitrogens with zero attached hydrogens (tertiary/aromatic N) is 3. The highest BCUT2D eigenvalue weighted by Crippen LogP contribution is 2.47. The third-order valence-electron chi connectivity index (χ3n) is 4.65. The zero-order chi connectivity index (χ0) is 20.7. The van der Waals surface area contributed by atoms with Crippen LogP contribution in [-0.2, 0) is 32.0 Å². The zero-order valence-electron chi connectivity index (χ0n) is 16.0. The molecule has 0 unspecified atom stereocenters. The molecule has 0 N–H and O–H groups in total. The van der Waals surface area contributed by atoms with Crippen LogP contribution in [0.2, 0.25) is 0 Å². The number of fused-ring (bicyclic) bond motifs is 1. The molecule has 1 aromatic carbocycles. The number of rotatable bonds is 5. The summed E-state index contributed by atoms with van der Waals surface area (Å²) in [5.74, 6) is -0.0462. The first-order valence-corrected chi connectivity index (χ1v) is 8.16. The maximum atomic E-state index is 12.5. The topological polar surface area (TPSA) is 120 Å². The molecule has 0 fully saturated rings. The minimum Gasteiger partial charge on any atom is -0.492 e. The van der Waals surface area contributed by atoms with Gasteiger partial charge in [0.2, 0.25) is 5.75 Å². The molecule has 0 amide bonds. The van der Waals surface area contributed by atoms with Crippen molar-refractivity contribution in [1.29, 1.82) is 0 Å². The average Bonchev–Trinajstić information content (AvgIpc) is 3.08. The molecule has 0 saturated carbocycles. The first-order valence-electron chi connectivity index (χ1n) is 8.16. The molecule has 0 spiro atoms. The van der Waals surface area contributed by atoms with E-state index in [1.165, 1.54) is 35.4 Å². The van der Waals surface area contributed by atoms with Crippen LogP contribution < -0.4 is 31.3 Å². The van der Waals surface area contributed by atoms with Gasteiger partial charge in [-0.25, -0.2) is 32.9 Å². The van der Waals surface area contributed by atoms with Crippen LogP contribution in [0.4, 0.5) is 0 Å². The van der Waals surface area contributed by atoms with Gasteiger partial charge in [-0.1, -0.05) is 0 Å². The van der Waals surface area contributed by atoms with E-state index in [-0.39, 0.29) is 41.5 Å². The van der Waals surface area contributed by atoms with E-state index in [1.54, 1.807) is 0 Å². The summed E-state index contributed by atoms with van der Waals surface area (Å²) in [6.45, 7) is -0.383. The average molecular weight is 393 g/mol. The predicted molar refractivity (Wildman–Crippen MR) is 95.5 cm³/mol. The summed E-state index contributed by atoms with van der Waals surface area (Å²) in [6, 6.07) is 0. The van der Waals surface area contributed by atoms with Crippen molar-refractivity contribution in [2.45, 2.75) is 13.2 Å². The van der Waals surface area contributed by atoms with Crippen molar-refractivity contribution < 1.29 is 23.7 Å². The normalized spacial score (nSPS) is 12.5. The standard InChI is InChI=1S/C17H19N3O8/c1-18-15(22)19(2)17(24)20(16(18)23)6-8-10-9(7-28-14(10)21)12(26-4)13(27-5)11(8)25-3/h6-7H2,1-5H3. The van der Waals surface area contributed by atoms with Gasteiger partial charge in [0.15, 0.2) is 11.5 Å². The summed E-state index contributed by atoms with van der Waals surface area (Å²) in [5, 5.41) is 0. The van der Waals surface area contributed by atoms with Crippen LogP contribution in [0, 0.1) is 0 Å². The van der Waals surface area contributed by atoms with Gasteiger partial charge in [0.25, 0.3) is 0 Å². The maximum Gasteiger partial charge on any atom is 0.339 e. The van der Waals surface area contributed by atoms with E-state index in [4.69, 9.17) is 18.9 Å². The van der Waals surface area contributed by atoms with E-state index in [9.17, 15) is 19.2 Å². The van der Waals surface area contributed by atoms with Crippen molar-refractivity contribution in [2.75, 3.05) is 21.3 Å². The first-order chi connectivity index (χ1) is 13.3. The Bertz CT molecular complexity index is 1110. The summed E-state index contributed by atoms with van der Waals surface area (Å²) < 4.78 is 23.7. The Morgan fingerprint density at radius 1 is 0.821 bits per heavy atom.